The third kappa shape index (κ3) is 2.94. The Labute approximate surface area is 166 Å². The van der Waals surface area contributed by atoms with Crippen molar-refractivity contribution >= 4 is 23.7 Å². The summed E-state index contributed by atoms with van der Waals surface area (Å²) in [6, 6.07) is 8.27. The smallest absolute Gasteiger partial charge is 0.199 e. The van der Waals surface area contributed by atoms with E-state index in [1.54, 1.807) is 47.3 Å². The Hall–Kier alpha value is -2.23. The van der Waals surface area contributed by atoms with E-state index < -0.39 is 30.1 Å². The average Bonchev–Trinajstić information content (AvgIpc) is 3.24. The molecule has 3 heterocycles. The van der Waals surface area contributed by atoms with Crippen LogP contribution in [0.5, 0.6) is 0 Å². The molecule has 4 rings (SSSR count). The number of aliphatic hydroxyl groups is 3. The first-order chi connectivity index (χ1) is 13.3. The van der Waals surface area contributed by atoms with E-state index in [9.17, 15) is 15.3 Å². The van der Waals surface area contributed by atoms with Gasteiger partial charge in [-0.3, -0.25) is 0 Å². The minimum absolute atomic E-state index is 0.165. The fraction of sp³-hybridized carbons (Fsp3) is 0.368. The molecule has 0 saturated carbocycles. The van der Waals surface area contributed by atoms with E-state index in [4.69, 9.17) is 21.5 Å². The number of aliphatic hydroxyl groups excluding tert-OH is 2. The second-order valence-electron chi connectivity index (χ2n) is 7.11. The maximum atomic E-state index is 11.1. The quantitative estimate of drug-likeness (QED) is 0.455. The molecule has 0 radical (unpaired) electrons. The highest BCUT2D eigenvalue weighted by Crippen LogP contribution is 2.40. The Morgan fingerprint density at radius 3 is 2.61 bits per heavy atom. The van der Waals surface area contributed by atoms with Crippen LogP contribution in [0.25, 0.3) is 0 Å². The van der Waals surface area contributed by atoms with Gasteiger partial charge in [-0.25, -0.2) is 4.99 Å². The zero-order chi connectivity index (χ0) is 20.1. The molecule has 0 unspecified atom stereocenters. The lowest BCUT2D eigenvalue weighted by atomic mass is 9.87. The molecule has 148 valence electrons. The molecule has 2 aliphatic heterocycles. The lowest BCUT2D eigenvalue weighted by molar-refractivity contribution is -0.136. The molecule has 9 heteroatoms. The van der Waals surface area contributed by atoms with Gasteiger partial charge in [0, 0.05) is 35.1 Å². The molecule has 0 amide bonds. The number of amidine groups is 1. The Bertz CT molecular complexity index is 938. The average molecular weight is 406 g/mol. The van der Waals surface area contributed by atoms with Crippen LogP contribution in [0.1, 0.15) is 30.0 Å². The molecule has 0 spiro atoms. The fourth-order valence-electron chi connectivity index (χ4n) is 3.81. The summed E-state index contributed by atoms with van der Waals surface area (Å²) in [6.07, 6.45) is -0.880. The summed E-state index contributed by atoms with van der Waals surface area (Å²) in [6.45, 7) is 1.52. The molecule has 4 N–H and O–H groups in total. The van der Waals surface area contributed by atoms with Crippen molar-refractivity contribution in [2.24, 2.45) is 10.1 Å². The number of benzene rings is 1. The van der Waals surface area contributed by atoms with Crippen LogP contribution >= 0.6 is 11.6 Å². The minimum atomic E-state index is -1.56. The van der Waals surface area contributed by atoms with Crippen LogP contribution in [0.4, 0.5) is 0 Å². The number of nitrogens with zero attached hydrogens (tertiary/aromatic N) is 3. The largest absolute Gasteiger partial charge is 0.409 e. The van der Waals surface area contributed by atoms with Crippen LogP contribution < -0.4 is 0 Å². The van der Waals surface area contributed by atoms with E-state index in [0.29, 0.717) is 22.6 Å². The van der Waals surface area contributed by atoms with E-state index in [2.05, 4.69) is 10.1 Å². The molecular weight excluding hydrogens is 386 g/mol. The van der Waals surface area contributed by atoms with Gasteiger partial charge in [0.2, 0.25) is 0 Å². The van der Waals surface area contributed by atoms with Gasteiger partial charge in [0.25, 0.3) is 0 Å². The molecule has 0 bridgehead atoms. The Morgan fingerprint density at radius 1 is 1.21 bits per heavy atom. The fourth-order valence-corrected chi connectivity index (χ4v) is 3.94. The van der Waals surface area contributed by atoms with Gasteiger partial charge in [-0.1, -0.05) is 28.9 Å². The van der Waals surface area contributed by atoms with Crippen LogP contribution in [-0.2, 0) is 16.8 Å². The number of ether oxygens (including phenoxy) is 1. The van der Waals surface area contributed by atoms with Gasteiger partial charge in [0.1, 0.15) is 23.9 Å². The summed E-state index contributed by atoms with van der Waals surface area (Å²) in [5, 5.41) is 45.1. The van der Waals surface area contributed by atoms with Gasteiger partial charge < -0.3 is 29.8 Å². The summed E-state index contributed by atoms with van der Waals surface area (Å²) >= 11 is 5.91. The van der Waals surface area contributed by atoms with Crippen LogP contribution in [0.3, 0.4) is 0 Å². The number of aromatic nitrogens is 1. The monoisotopic (exact) mass is 405 g/mol. The van der Waals surface area contributed by atoms with Gasteiger partial charge >= 0.3 is 0 Å². The summed E-state index contributed by atoms with van der Waals surface area (Å²) in [7, 11) is 0. The van der Waals surface area contributed by atoms with Crippen molar-refractivity contribution in [3.8, 4) is 0 Å². The normalized spacial score (nSPS) is 30.4. The highest BCUT2D eigenvalue weighted by molar-refractivity contribution is 6.30. The van der Waals surface area contributed by atoms with Crippen molar-refractivity contribution in [1.29, 1.82) is 0 Å². The maximum absolute atomic E-state index is 11.1. The Morgan fingerprint density at radius 2 is 1.93 bits per heavy atom. The van der Waals surface area contributed by atoms with Crippen molar-refractivity contribution in [2.45, 2.75) is 43.5 Å². The van der Waals surface area contributed by atoms with E-state index in [-0.39, 0.29) is 5.84 Å². The number of oxime groups is 1. The maximum Gasteiger partial charge on any atom is 0.199 e. The molecule has 0 aliphatic carbocycles. The molecular formula is C19H20ClN3O5. The highest BCUT2D eigenvalue weighted by Gasteiger charge is 2.52. The van der Waals surface area contributed by atoms with Crippen molar-refractivity contribution < 1.29 is 25.3 Å². The predicted octanol–water partition coefficient (Wildman–Crippen LogP) is 1.43. The van der Waals surface area contributed by atoms with Gasteiger partial charge in [0.05, 0.1) is 0 Å². The van der Waals surface area contributed by atoms with Crippen LogP contribution in [0.15, 0.2) is 46.7 Å². The van der Waals surface area contributed by atoms with Gasteiger partial charge in [-0.15, -0.1) is 0 Å². The second-order valence-corrected chi connectivity index (χ2v) is 7.54. The van der Waals surface area contributed by atoms with Gasteiger partial charge in [-0.05, 0) is 30.7 Å². The molecule has 1 fully saturated rings. The minimum Gasteiger partial charge on any atom is -0.409 e. The number of hydrogen-bond acceptors (Lipinski definition) is 6. The lowest BCUT2D eigenvalue weighted by Gasteiger charge is -2.32. The Kier molecular flexibility index (Phi) is 4.76. The van der Waals surface area contributed by atoms with Crippen molar-refractivity contribution in [1.82, 2.24) is 4.57 Å². The molecule has 1 aromatic heterocycles. The van der Waals surface area contributed by atoms with E-state index in [0.717, 1.165) is 5.69 Å². The molecule has 2 aromatic rings. The molecule has 1 saturated heterocycles. The first-order valence-electron chi connectivity index (χ1n) is 8.79. The van der Waals surface area contributed by atoms with Crippen molar-refractivity contribution in [3.05, 3.63) is 58.4 Å². The van der Waals surface area contributed by atoms with Crippen LogP contribution in [0.2, 0.25) is 5.02 Å². The summed E-state index contributed by atoms with van der Waals surface area (Å²) in [5.41, 5.74) is 0.283. The first-order valence-corrected chi connectivity index (χ1v) is 9.17. The molecule has 2 aliphatic rings. The molecule has 5 atom stereocenters. The zero-order valence-corrected chi connectivity index (χ0v) is 15.7. The topological polar surface area (TPSA) is 120 Å². The number of rotatable bonds is 3. The number of hydrogen-bond donors (Lipinski definition) is 4. The van der Waals surface area contributed by atoms with E-state index in [1.165, 1.54) is 6.92 Å². The number of fused-ring (bicyclic) bond motifs is 1. The number of halogens is 1. The zero-order valence-electron chi connectivity index (χ0n) is 15.0. The Balaban J connectivity index is 1.66. The van der Waals surface area contributed by atoms with E-state index in [1.807, 2.05) is 0 Å². The third-order valence-corrected chi connectivity index (χ3v) is 5.61. The molecule has 28 heavy (non-hydrogen) atoms. The first kappa shape index (κ1) is 19.1. The molecule has 1 aromatic carbocycles. The summed E-state index contributed by atoms with van der Waals surface area (Å²) in [5.74, 6) is 0.165. The second kappa shape index (κ2) is 6.98. The third-order valence-electron chi connectivity index (χ3n) is 5.35. The summed E-state index contributed by atoms with van der Waals surface area (Å²) < 4.78 is 7.61. The predicted molar refractivity (Wildman–Crippen MR) is 102 cm³/mol. The van der Waals surface area contributed by atoms with Gasteiger partial charge in [0.15, 0.2) is 12.1 Å². The molecule has 8 nitrogen and oxygen atoms in total. The van der Waals surface area contributed by atoms with Crippen molar-refractivity contribution in [2.75, 3.05) is 0 Å². The van der Waals surface area contributed by atoms with Crippen molar-refractivity contribution in [3.63, 3.8) is 0 Å². The highest BCUT2D eigenvalue weighted by atomic mass is 35.5. The van der Waals surface area contributed by atoms with Crippen LogP contribution in [0, 0.1) is 0 Å². The van der Waals surface area contributed by atoms with Gasteiger partial charge in [-0.2, -0.15) is 0 Å². The summed E-state index contributed by atoms with van der Waals surface area (Å²) in [4.78, 5) is 4.02. The standard InChI is InChI=1S/C19H20ClN3O5/c1-19(26,10-2-4-11(20)5-3-10)16-14(24)15(25)18(28-16)23-9-7-12-13(23)6-8-21-17(12)22-27/h2-5,7-9,14-16,18,24-27H,6H2,1H3/b22-17-/t14-,15+,16-,18+,19+/m0/s1. The SMILES string of the molecule is C[C@@](O)(c1ccc(Cl)cc1)[C@H]1O[C@@H](n2ccc3c2CC=N/C3=N\O)[C@H](O)[C@@H]1O. The number of aliphatic imine (C=N–C) groups is 1. The van der Waals surface area contributed by atoms with Crippen LogP contribution in [-0.4, -0.2) is 55.5 Å². The van der Waals surface area contributed by atoms with E-state index >= 15 is 0 Å². The lowest BCUT2D eigenvalue weighted by Crippen LogP contribution is -2.45.